The summed E-state index contributed by atoms with van der Waals surface area (Å²) in [6, 6.07) is 0. The monoisotopic (exact) mass is 530 g/mol. The zero-order valence-electron chi connectivity index (χ0n) is 23.5. The SMILES string of the molecule is C/C(=C\C(O)C[C@@H](C)[C@H]1CC(=O)[C@@]2(C)C3=C(C(=O)[C@@H](O)[C@]12C)[C@@]1(C)CC[C@H](O)C(C)(C)[C@@H]1CC3=O)C(=O)O. The number of rotatable bonds is 5. The maximum absolute atomic E-state index is 14.1. The second kappa shape index (κ2) is 8.93. The van der Waals surface area contributed by atoms with E-state index in [1.165, 1.54) is 13.0 Å². The molecule has 0 aliphatic heterocycles. The Morgan fingerprint density at radius 2 is 1.66 bits per heavy atom. The van der Waals surface area contributed by atoms with Crippen molar-refractivity contribution in [2.45, 2.75) is 98.9 Å². The molecule has 9 atom stereocenters. The molecule has 1 unspecified atom stereocenters. The molecule has 0 bridgehead atoms. The highest BCUT2D eigenvalue weighted by atomic mass is 16.4. The van der Waals surface area contributed by atoms with Crippen LogP contribution in [0.3, 0.4) is 0 Å². The predicted molar refractivity (Wildman–Crippen MR) is 139 cm³/mol. The lowest BCUT2D eigenvalue weighted by Gasteiger charge is -2.60. The van der Waals surface area contributed by atoms with Crippen molar-refractivity contribution in [2.24, 2.45) is 39.4 Å². The predicted octanol–water partition coefficient (Wildman–Crippen LogP) is 3.02. The van der Waals surface area contributed by atoms with Crippen LogP contribution < -0.4 is 0 Å². The van der Waals surface area contributed by atoms with Crippen molar-refractivity contribution in [3.8, 4) is 0 Å². The van der Waals surface area contributed by atoms with Gasteiger partial charge >= 0.3 is 5.97 Å². The Labute approximate surface area is 224 Å². The van der Waals surface area contributed by atoms with Crippen molar-refractivity contribution >= 4 is 23.3 Å². The average Bonchev–Trinajstić information content (AvgIpc) is 3.03. The molecule has 0 aromatic rings. The third kappa shape index (κ3) is 3.59. The molecule has 0 saturated heterocycles. The van der Waals surface area contributed by atoms with Crippen molar-refractivity contribution in [3.63, 3.8) is 0 Å². The number of Topliss-reactive ketones (excluding diaryl/α,β-unsaturated/α-hetero) is 3. The molecule has 8 heteroatoms. The molecule has 4 aliphatic carbocycles. The molecular formula is C30H42O8. The van der Waals surface area contributed by atoms with Crippen molar-refractivity contribution in [1.29, 1.82) is 0 Å². The summed E-state index contributed by atoms with van der Waals surface area (Å²) < 4.78 is 0. The molecule has 0 aromatic carbocycles. The van der Waals surface area contributed by atoms with Crippen LogP contribution in [0.1, 0.15) is 80.6 Å². The standard InChI is InChI=1S/C30H42O8/c1-14(10-16(31)11-15(2)26(37)38)17-12-21(34)30(7)22-18(32)13-19-27(3,4)20(33)8-9-28(19,5)23(22)24(35)25(36)29(17,30)6/h11,14,16-17,19-20,25,31,33,36H,8-10,12-13H2,1-7H3,(H,37,38)/b15-11+/t14-,16?,17-,19+,20+,25-,28+,29+,30+/m1/s1. The van der Waals surface area contributed by atoms with Gasteiger partial charge in [-0.05, 0) is 62.4 Å². The fourth-order valence-electron chi connectivity index (χ4n) is 8.82. The van der Waals surface area contributed by atoms with E-state index in [1.807, 2.05) is 27.7 Å². The van der Waals surface area contributed by atoms with Crippen LogP contribution in [0.15, 0.2) is 22.8 Å². The van der Waals surface area contributed by atoms with Crippen LogP contribution in [0.2, 0.25) is 0 Å². The zero-order chi connectivity index (χ0) is 28.7. The van der Waals surface area contributed by atoms with Crippen LogP contribution in [-0.2, 0) is 19.2 Å². The summed E-state index contributed by atoms with van der Waals surface area (Å²) in [6.45, 7) is 12.4. The number of carbonyl (C=O) groups excluding carboxylic acids is 3. The number of carboxylic acids is 1. The number of hydrogen-bond donors (Lipinski definition) is 4. The van der Waals surface area contributed by atoms with E-state index in [1.54, 1.807) is 13.8 Å². The summed E-state index contributed by atoms with van der Waals surface area (Å²) in [5.41, 5.74) is -3.51. The molecule has 0 spiro atoms. The first-order valence-electron chi connectivity index (χ1n) is 13.7. The molecule has 2 saturated carbocycles. The number of aliphatic carboxylic acids is 1. The Bertz CT molecular complexity index is 1160. The number of aliphatic hydroxyl groups excluding tert-OH is 3. The van der Waals surface area contributed by atoms with Gasteiger partial charge < -0.3 is 20.4 Å². The highest BCUT2D eigenvalue weighted by Gasteiger charge is 2.73. The molecule has 0 aromatic heterocycles. The van der Waals surface area contributed by atoms with Crippen molar-refractivity contribution in [1.82, 2.24) is 0 Å². The van der Waals surface area contributed by atoms with Crippen molar-refractivity contribution in [3.05, 3.63) is 22.8 Å². The van der Waals surface area contributed by atoms with E-state index >= 15 is 0 Å². The third-order valence-electron chi connectivity index (χ3n) is 11.4. The minimum absolute atomic E-state index is 0.00190. The van der Waals surface area contributed by atoms with Gasteiger partial charge in [-0.15, -0.1) is 0 Å². The zero-order valence-corrected chi connectivity index (χ0v) is 23.5. The van der Waals surface area contributed by atoms with Crippen molar-refractivity contribution < 1.29 is 39.6 Å². The van der Waals surface area contributed by atoms with Gasteiger partial charge in [0.05, 0.1) is 17.6 Å². The first-order valence-corrected chi connectivity index (χ1v) is 13.7. The maximum atomic E-state index is 14.1. The van der Waals surface area contributed by atoms with Crippen LogP contribution in [0, 0.1) is 39.4 Å². The number of allylic oxidation sites excluding steroid dienone is 1. The highest BCUT2D eigenvalue weighted by molar-refractivity contribution is 6.17. The quantitative estimate of drug-likeness (QED) is 0.396. The van der Waals surface area contributed by atoms with Crippen LogP contribution in [-0.4, -0.2) is 62.1 Å². The molecule has 2 fully saturated rings. The first kappa shape index (κ1) is 28.8. The van der Waals surface area contributed by atoms with E-state index in [0.29, 0.717) is 12.8 Å². The molecule has 38 heavy (non-hydrogen) atoms. The molecular weight excluding hydrogens is 488 g/mol. The van der Waals surface area contributed by atoms with Gasteiger partial charge in [0.25, 0.3) is 0 Å². The Kier molecular flexibility index (Phi) is 6.78. The average molecular weight is 531 g/mol. The van der Waals surface area contributed by atoms with Crippen LogP contribution in [0.4, 0.5) is 0 Å². The summed E-state index contributed by atoms with van der Waals surface area (Å²) in [5.74, 6) is -3.28. The maximum Gasteiger partial charge on any atom is 0.331 e. The lowest BCUT2D eigenvalue weighted by Crippen LogP contribution is -2.64. The summed E-state index contributed by atoms with van der Waals surface area (Å²) in [7, 11) is 0. The topological polar surface area (TPSA) is 149 Å². The van der Waals surface area contributed by atoms with Gasteiger partial charge in [0.1, 0.15) is 11.9 Å². The number of ketones is 3. The molecule has 4 aliphatic rings. The molecule has 4 rings (SSSR count). The number of fused-ring (bicyclic) bond motifs is 4. The first-order chi connectivity index (χ1) is 17.4. The largest absolute Gasteiger partial charge is 0.478 e. The summed E-state index contributed by atoms with van der Waals surface area (Å²) in [4.78, 5) is 53.1. The van der Waals surface area contributed by atoms with Crippen molar-refractivity contribution in [2.75, 3.05) is 0 Å². The van der Waals surface area contributed by atoms with Crippen LogP contribution in [0.5, 0.6) is 0 Å². The van der Waals surface area contributed by atoms with E-state index in [2.05, 4.69) is 0 Å². The molecule has 0 amide bonds. The Hall–Kier alpha value is -2.16. The van der Waals surface area contributed by atoms with Gasteiger partial charge in [0, 0.05) is 40.4 Å². The molecule has 8 nitrogen and oxygen atoms in total. The Morgan fingerprint density at radius 3 is 2.24 bits per heavy atom. The minimum atomic E-state index is -1.52. The van der Waals surface area contributed by atoms with Crippen LogP contribution in [0.25, 0.3) is 0 Å². The number of hydrogen-bond acceptors (Lipinski definition) is 7. The van der Waals surface area contributed by atoms with E-state index in [9.17, 15) is 34.5 Å². The van der Waals surface area contributed by atoms with Crippen LogP contribution >= 0.6 is 0 Å². The molecule has 0 radical (unpaired) electrons. The summed E-state index contributed by atoms with van der Waals surface area (Å²) in [5, 5.41) is 42.2. The Balaban J connectivity index is 1.82. The molecule has 0 heterocycles. The number of carboxylic acid groups (broad SMARTS) is 1. The van der Waals surface area contributed by atoms with Gasteiger partial charge in [-0.2, -0.15) is 0 Å². The van der Waals surface area contributed by atoms with Gasteiger partial charge in [0.2, 0.25) is 0 Å². The highest BCUT2D eigenvalue weighted by Crippen LogP contribution is 2.70. The van der Waals surface area contributed by atoms with Gasteiger partial charge in [0.15, 0.2) is 11.6 Å². The lowest BCUT2D eigenvalue weighted by atomic mass is 9.42. The van der Waals surface area contributed by atoms with Gasteiger partial charge in [-0.1, -0.05) is 34.6 Å². The summed E-state index contributed by atoms with van der Waals surface area (Å²) >= 11 is 0. The van der Waals surface area contributed by atoms with E-state index < -0.39 is 57.6 Å². The summed E-state index contributed by atoms with van der Waals surface area (Å²) in [6.07, 6.45) is -0.718. The van der Waals surface area contributed by atoms with E-state index in [4.69, 9.17) is 5.11 Å². The second-order valence-corrected chi connectivity index (χ2v) is 13.6. The fourth-order valence-corrected chi connectivity index (χ4v) is 8.82. The second-order valence-electron chi connectivity index (χ2n) is 13.6. The van der Waals surface area contributed by atoms with E-state index in [0.717, 1.165) is 0 Å². The lowest BCUT2D eigenvalue weighted by molar-refractivity contribution is -0.159. The Morgan fingerprint density at radius 1 is 1.05 bits per heavy atom. The number of carbonyl (C=O) groups is 4. The molecule has 4 N–H and O–H groups in total. The molecule has 210 valence electrons. The van der Waals surface area contributed by atoms with E-state index in [-0.39, 0.29) is 59.4 Å². The minimum Gasteiger partial charge on any atom is -0.478 e. The normalized spacial score (nSPS) is 42.4. The van der Waals surface area contributed by atoms with Gasteiger partial charge in [-0.3, -0.25) is 14.4 Å². The number of aliphatic hydroxyl groups is 3. The third-order valence-corrected chi connectivity index (χ3v) is 11.4. The smallest absolute Gasteiger partial charge is 0.331 e. The van der Waals surface area contributed by atoms with Gasteiger partial charge in [-0.25, -0.2) is 4.79 Å². The fraction of sp³-hybridized carbons (Fsp3) is 0.733.